The summed E-state index contributed by atoms with van der Waals surface area (Å²) in [5.74, 6) is 1.34. The van der Waals surface area contributed by atoms with Gasteiger partial charge in [0.1, 0.15) is 0 Å². The monoisotopic (exact) mass is 255 g/mol. The van der Waals surface area contributed by atoms with Crippen molar-refractivity contribution < 1.29 is 4.39 Å². The van der Waals surface area contributed by atoms with Crippen molar-refractivity contribution in [3.05, 3.63) is 21.1 Å². The lowest BCUT2D eigenvalue weighted by molar-refractivity contribution is 0.632. The van der Waals surface area contributed by atoms with Gasteiger partial charge >= 0.3 is 0 Å². The van der Waals surface area contributed by atoms with Gasteiger partial charge in [-0.2, -0.15) is 4.39 Å². The van der Waals surface area contributed by atoms with E-state index in [4.69, 9.17) is 0 Å². The number of nitrogens with one attached hydrogen (secondary N) is 1. The van der Waals surface area contributed by atoms with E-state index in [1.165, 1.54) is 41.0 Å². The lowest BCUT2D eigenvalue weighted by Gasteiger charge is -2.13. The molecule has 1 N–H and O–H groups in total. The smallest absolute Gasteiger partial charge is 0.179 e. The molecule has 0 saturated heterocycles. The normalized spacial score (nSPS) is 17.4. The average Bonchev–Trinajstić information content (AvgIpc) is 3.05. The van der Waals surface area contributed by atoms with Gasteiger partial charge in [-0.3, -0.25) is 0 Å². The van der Waals surface area contributed by atoms with Crippen molar-refractivity contribution >= 4 is 11.3 Å². The van der Waals surface area contributed by atoms with Gasteiger partial charge < -0.3 is 5.32 Å². The third kappa shape index (κ3) is 3.08. The first-order chi connectivity index (χ1) is 8.13. The fraction of sp³-hybridized carbons (Fsp3) is 0.714. The highest BCUT2D eigenvalue weighted by atomic mass is 32.1. The number of aryl methyl sites for hydroxylation is 1. The van der Waals surface area contributed by atoms with Crippen LogP contribution in [0.1, 0.15) is 48.1 Å². The molecule has 1 aromatic heterocycles. The number of likely N-dealkylation sites (N-methyl/N-ethyl adjacent to an activating group) is 1. The van der Waals surface area contributed by atoms with Gasteiger partial charge in [-0.25, -0.2) is 0 Å². The van der Waals surface area contributed by atoms with Gasteiger partial charge in [0, 0.05) is 11.4 Å². The Hall–Kier alpha value is -0.410. The molecule has 1 atom stereocenters. The maximum Gasteiger partial charge on any atom is 0.179 e. The molecule has 96 valence electrons. The molecule has 0 bridgehead atoms. The minimum atomic E-state index is 0.0220. The van der Waals surface area contributed by atoms with E-state index in [1.807, 2.05) is 14.0 Å². The van der Waals surface area contributed by atoms with Crippen molar-refractivity contribution in [2.45, 2.75) is 45.4 Å². The molecule has 0 unspecified atom stereocenters. The molecule has 0 spiro atoms. The quantitative estimate of drug-likeness (QED) is 0.814. The predicted octanol–water partition coefficient (Wildman–Crippen LogP) is 3.86. The maximum atomic E-state index is 13.7. The summed E-state index contributed by atoms with van der Waals surface area (Å²) in [5, 5.41) is 3.21. The Labute approximate surface area is 107 Å². The number of thiophene rings is 1. The molecule has 1 aliphatic rings. The van der Waals surface area contributed by atoms with Crippen LogP contribution in [0.15, 0.2) is 0 Å². The maximum absolute atomic E-state index is 13.7. The first-order valence-corrected chi connectivity index (χ1v) is 7.37. The van der Waals surface area contributed by atoms with Crippen LogP contribution in [0.5, 0.6) is 0 Å². The summed E-state index contributed by atoms with van der Waals surface area (Å²) in [4.78, 5) is 1.29. The number of halogens is 1. The first kappa shape index (κ1) is 13.0. The van der Waals surface area contributed by atoms with Crippen LogP contribution in [0, 0.1) is 18.0 Å². The molecule has 0 amide bonds. The van der Waals surface area contributed by atoms with E-state index in [2.05, 4.69) is 12.2 Å². The summed E-state index contributed by atoms with van der Waals surface area (Å²) in [5.41, 5.74) is 2.14. The van der Waals surface area contributed by atoms with Crippen molar-refractivity contribution in [3.8, 4) is 0 Å². The summed E-state index contributed by atoms with van der Waals surface area (Å²) < 4.78 is 13.7. The van der Waals surface area contributed by atoms with Gasteiger partial charge in [0.05, 0.1) is 0 Å². The van der Waals surface area contributed by atoms with Crippen LogP contribution in [0.3, 0.4) is 0 Å². The Balaban J connectivity index is 2.13. The van der Waals surface area contributed by atoms with Gasteiger partial charge in [-0.15, -0.1) is 11.3 Å². The predicted molar refractivity (Wildman–Crippen MR) is 72.4 cm³/mol. The zero-order chi connectivity index (χ0) is 12.4. The van der Waals surface area contributed by atoms with Crippen LogP contribution in [0.4, 0.5) is 4.39 Å². The molecule has 1 nitrogen and oxygen atoms in total. The molecule has 2 rings (SSSR count). The third-order valence-electron chi connectivity index (χ3n) is 3.69. The zero-order valence-corrected chi connectivity index (χ0v) is 11.8. The number of rotatable bonds is 6. The molecule has 0 radical (unpaired) electrons. The SMILES string of the molecule is CNC[C@H](C)c1c(CCC2CC2)sc(F)c1C. The van der Waals surface area contributed by atoms with E-state index < -0.39 is 0 Å². The second-order valence-corrected chi connectivity index (χ2v) is 6.33. The van der Waals surface area contributed by atoms with Crippen molar-refractivity contribution in [2.24, 2.45) is 5.92 Å². The number of hydrogen-bond donors (Lipinski definition) is 1. The van der Waals surface area contributed by atoms with Crippen LogP contribution in [0.2, 0.25) is 0 Å². The molecule has 1 fully saturated rings. The van der Waals surface area contributed by atoms with Gasteiger partial charge in [0.25, 0.3) is 0 Å². The van der Waals surface area contributed by atoms with E-state index in [-0.39, 0.29) is 5.13 Å². The zero-order valence-electron chi connectivity index (χ0n) is 11.0. The fourth-order valence-corrected chi connectivity index (χ4v) is 3.70. The highest BCUT2D eigenvalue weighted by Gasteiger charge is 2.24. The van der Waals surface area contributed by atoms with E-state index in [0.29, 0.717) is 5.92 Å². The van der Waals surface area contributed by atoms with Crippen molar-refractivity contribution in [1.29, 1.82) is 0 Å². The minimum Gasteiger partial charge on any atom is -0.319 e. The van der Waals surface area contributed by atoms with Crippen LogP contribution in [0.25, 0.3) is 0 Å². The van der Waals surface area contributed by atoms with Crippen molar-refractivity contribution in [2.75, 3.05) is 13.6 Å². The topological polar surface area (TPSA) is 12.0 Å². The van der Waals surface area contributed by atoms with E-state index >= 15 is 0 Å². The van der Waals surface area contributed by atoms with Crippen LogP contribution < -0.4 is 5.32 Å². The van der Waals surface area contributed by atoms with Crippen LogP contribution in [-0.2, 0) is 6.42 Å². The van der Waals surface area contributed by atoms with Gasteiger partial charge in [0.15, 0.2) is 5.13 Å². The molecule has 1 heterocycles. The Bertz CT molecular complexity index is 382. The average molecular weight is 255 g/mol. The largest absolute Gasteiger partial charge is 0.319 e. The Morgan fingerprint density at radius 2 is 2.18 bits per heavy atom. The van der Waals surface area contributed by atoms with E-state index in [9.17, 15) is 4.39 Å². The Kier molecular flexibility index (Phi) is 4.21. The first-order valence-electron chi connectivity index (χ1n) is 6.55. The second kappa shape index (κ2) is 5.49. The van der Waals surface area contributed by atoms with E-state index in [0.717, 1.165) is 24.4 Å². The minimum absolute atomic E-state index is 0.0220. The standard InChI is InChI=1S/C14H22FNS/c1-9(8-16-3)13-10(2)14(15)17-12(13)7-6-11-4-5-11/h9,11,16H,4-8H2,1-3H3/t9-/m0/s1. The molecule has 0 aromatic carbocycles. The van der Waals surface area contributed by atoms with Crippen molar-refractivity contribution in [3.63, 3.8) is 0 Å². The molecule has 1 saturated carbocycles. The van der Waals surface area contributed by atoms with Crippen molar-refractivity contribution in [1.82, 2.24) is 5.32 Å². The lowest BCUT2D eigenvalue weighted by atomic mass is 9.96. The molecule has 1 aliphatic carbocycles. The highest BCUT2D eigenvalue weighted by Crippen LogP contribution is 2.38. The molecular formula is C14H22FNS. The second-order valence-electron chi connectivity index (χ2n) is 5.28. The fourth-order valence-electron chi connectivity index (χ4n) is 2.53. The summed E-state index contributed by atoms with van der Waals surface area (Å²) in [7, 11) is 1.96. The van der Waals surface area contributed by atoms with Crippen LogP contribution >= 0.6 is 11.3 Å². The Morgan fingerprint density at radius 1 is 1.47 bits per heavy atom. The number of hydrogen-bond acceptors (Lipinski definition) is 2. The molecule has 17 heavy (non-hydrogen) atoms. The summed E-state index contributed by atoms with van der Waals surface area (Å²) in [6.07, 6.45) is 5.09. The Morgan fingerprint density at radius 3 is 2.76 bits per heavy atom. The summed E-state index contributed by atoms with van der Waals surface area (Å²) >= 11 is 1.37. The molecule has 0 aliphatic heterocycles. The lowest BCUT2D eigenvalue weighted by Crippen LogP contribution is -2.16. The summed E-state index contributed by atoms with van der Waals surface area (Å²) in [6, 6.07) is 0. The van der Waals surface area contributed by atoms with Gasteiger partial charge in [0.2, 0.25) is 0 Å². The highest BCUT2D eigenvalue weighted by molar-refractivity contribution is 7.10. The van der Waals surface area contributed by atoms with Crippen LogP contribution in [-0.4, -0.2) is 13.6 Å². The van der Waals surface area contributed by atoms with E-state index in [1.54, 1.807) is 0 Å². The van der Waals surface area contributed by atoms with Gasteiger partial charge in [-0.05, 0) is 49.8 Å². The molecule has 1 aromatic rings. The summed E-state index contributed by atoms with van der Waals surface area (Å²) in [6.45, 7) is 5.03. The molecule has 3 heteroatoms. The third-order valence-corrected chi connectivity index (χ3v) is 4.85. The van der Waals surface area contributed by atoms with Gasteiger partial charge in [-0.1, -0.05) is 19.8 Å². The molecular weight excluding hydrogens is 233 g/mol.